The summed E-state index contributed by atoms with van der Waals surface area (Å²) in [6.07, 6.45) is -0.341. The predicted octanol–water partition coefficient (Wildman–Crippen LogP) is 1.18. The van der Waals surface area contributed by atoms with Crippen molar-refractivity contribution in [3.8, 4) is 0 Å². The molecule has 156 valence electrons. The molecule has 0 radical (unpaired) electrons. The molecule has 1 N–H and O–H groups in total. The molecular weight excluding hydrogens is 380 g/mol. The van der Waals surface area contributed by atoms with E-state index in [9.17, 15) is 24.3 Å². The summed E-state index contributed by atoms with van der Waals surface area (Å²) in [6.45, 7) is 9.00. The molecule has 29 heavy (non-hydrogen) atoms. The van der Waals surface area contributed by atoms with Gasteiger partial charge in [0.2, 0.25) is 5.60 Å². The van der Waals surface area contributed by atoms with E-state index in [0.29, 0.717) is 16.7 Å². The number of carbonyl (C=O) groups is 4. The highest BCUT2D eigenvalue weighted by atomic mass is 16.6. The Kier molecular flexibility index (Phi) is 5.25. The fourth-order valence-electron chi connectivity index (χ4n) is 4.57. The maximum absolute atomic E-state index is 12.8. The van der Waals surface area contributed by atoms with Gasteiger partial charge >= 0.3 is 17.9 Å². The Morgan fingerprint density at radius 3 is 2.55 bits per heavy atom. The summed E-state index contributed by atoms with van der Waals surface area (Å²) in [6, 6.07) is 0. The quantitative estimate of drug-likeness (QED) is 0.422. The van der Waals surface area contributed by atoms with Crippen molar-refractivity contribution >= 4 is 23.7 Å². The zero-order valence-electron chi connectivity index (χ0n) is 16.8. The molecule has 8 nitrogen and oxygen atoms in total. The first kappa shape index (κ1) is 21.0. The van der Waals surface area contributed by atoms with Crippen molar-refractivity contribution in [1.82, 2.24) is 0 Å². The normalized spacial score (nSPS) is 33.3. The molecule has 0 spiro atoms. The lowest BCUT2D eigenvalue weighted by Gasteiger charge is -2.34. The number of allylic oxidation sites excluding steroid dienone is 1. The van der Waals surface area contributed by atoms with E-state index in [4.69, 9.17) is 14.2 Å². The van der Waals surface area contributed by atoms with E-state index >= 15 is 0 Å². The van der Waals surface area contributed by atoms with Crippen molar-refractivity contribution < 1.29 is 38.5 Å². The third-order valence-electron chi connectivity index (χ3n) is 5.77. The number of ketones is 1. The van der Waals surface area contributed by atoms with Gasteiger partial charge in [0.1, 0.15) is 12.2 Å². The van der Waals surface area contributed by atoms with Crippen LogP contribution in [-0.2, 0) is 33.4 Å². The number of aliphatic hydroxyl groups is 1. The number of rotatable bonds is 4. The first-order valence-electron chi connectivity index (χ1n) is 9.33. The van der Waals surface area contributed by atoms with Gasteiger partial charge in [-0.1, -0.05) is 12.2 Å². The molecule has 8 heteroatoms. The number of esters is 3. The van der Waals surface area contributed by atoms with Crippen LogP contribution in [0.15, 0.2) is 34.9 Å². The first-order valence-corrected chi connectivity index (χ1v) is 9.33. The molecule has 0 amide bonds. The second kappa shape index (κ2) is 7.26. The van der Waals surface area contributed by atoms with Gasteiger partial charge in [-0.3, -0.25) is 9.59 Å². The van der Waals surface area contributed by atoms with Gasteiger partial charge in [0.05, 0.1) is 12.5 Å². The van der Waals surface area contributed by atoms with Crippen LogP contribution in [0.4, 0.5) is 0 Å². The third kappa shape index (κ3) is 3.31. The van der Waals surface area contributed by atoms with Crippen molar-refractivity contribution in [3.05, 3.63) is 34.9 Å². The summed E-state index contributed by atoms with van der Waals surface area (Å²) in [5.41, 5.74) is -0.0557. The van der Waals surface area contributed by atoms with Crippen LogP contribution in [0.25, 0.3) is 0 Å². The molecule has 0 bridgehead atoms. The molecule has 5 unspecified atom stereocenters. The number of ether oxygens (including phenoxy) is 3. The fraction of sp³-hybridized carbons (Fsp3) is 0.524. The topological polar surface area (TPSA) is 116 Å². The van der Waals surface area contributed by atoms with Gasteiger partial charge in [-0.25, -0.2) is 9.59 Å². The molecule has 5 atom stereocenters. The molecule has 1 fully saturated rings. The summed E-state index contributed by atoms with van der Waals surface area (Å²) >= 11 is 0. The number of fused-ring (bicyclic) bond motifs is 3. The molecule has 3 aliphatic rings. The lowest BCUT2D eigenvalue weighted by Crippen LogP contribution is -2.50. The van der Waals surface area contributed by atoms with Gasteiger partial charge < -0.3 is 19.3 Å². The minimum Gasteiger partial charge on any atom is -0.458 e. The zero-order valence-corrected chi connectivity index (χ0v) is 16.8. The van der Waals surface area contributed by atoms with Gasteiger partial charge in [0, 0.05) is 30.4 Å². The average Bonchev–Trinajstić information content (AvgIpc) is 3.02. The van der Waals surface area contributed by atoms with Crippen LogP contribution in [0.3, 0.4) is 0 Å². The van der Waals surface area contributed by atoms with Crippen LogP contribution in [0.1, 0.15) is 34.1 Å². The average molecular weight is 404 g/mol. The molecule has 3 rings (SSSR count). The lowest BCUT2D eigenvalue weighted by molar-refractivity contribution is -0.176. The smallest absolute Gasteiger partial charge is 0.351 e. The molecule has 0 aromatic rings. The van der Waals surface area contributed by atoms with Gasteiger partial charge in [0.25, 0.3) is 0 Å². The minimum absolute atomic E-state index is 0.151. The number of hydrogen-bond donors (Lipinski definition) is 1. The van der Waals surface area contributed by atoms with Crippen LogP contribution in [0.2, 0.25) is 0 Å². The van der Waals surface area contributed by atoms with Gasteiger partial charge in [-0.2, -0.15) is 0 Å². The molecule has 0 aromatic heterocycles. The third-order valence-corrected chi connectivity index (χ3v) is 5.77. The van der Waals surface area contributed by atoms with E-state index in [-0.39, 0.29) is 17.8 Å². The van der Waals surface area contributed by atoms with Crippen LogP contribution >= 0.6 is 0 Å². The van der Waals surface area contributed by atoms with Gasteiger partial charge in [-0.15, -0.1) is 0 Å². The van der Waals surface area contributed by atoms with Gasteiger partial charge in [0.15, 0.2) is 5.78 Å². The Labute approximate surface area is 168 Å². The fourth-order valence-corrected chi connectivity index (χ4v) is 4.57. The standard InChI is InChI=1S/C21H24O8/c1-9(2)19(25)27-14-6-10(3)15-13(24)7-12(8-22)16(15)18-17(14)21(5,20(26)28-18)29-11(4)23/h7,14,16-18,22H,1,6,8H2,2-5H3. The van der Waals surface area contributed by atoms with E-state index in [1.165, 1.54) is 26.8 Å². The summed E-state index contributed by atoms with van der Waals surface area (Å²) in [5, 5.41) is 9.78. The Morgan fingerprint density at radius 1 is 1.34 bits per heavy atom. The zero-order chi connectivity index (χ0) is 21.7. The molecule has 1 heterocycles. The summed E-state index contributed by atoms with van der Waals surface area (Å²) in [5.74, 6) is -3.97. The Hall–Kier alpha value is -2.74. The Balaban J connectivity index is 2.15. The second-order valence-corrected chi connectivity index (χ2v) is 7.94. The monoisotopic (exact) mass is 404 g/mol. The second-order valence-electron chi connectivity index (χ2n) is 7.94. The van der Waals surface area contributed by atoms with Crippen LogP contribution in [0.5, 0.6) is 0 Å². The minimum atomic E-state index is -1.71. The van der Waals surface area contributed by atoms with Crippen LogP contribution < -0.4 is 0 Å². The molecular formula is C21H24O8. The maximum atomic E-state index is 12.8. The Morgan fingerprint density at radius 2 is 2.00 bits per heavy atom. The van der Waals surface area contributed by atoms with E-state index in [2.05, 4.69) is 6.58 Å². The molecule has 1 saturated heterocycles. The Bertz CT molecular complexity index is 879. The highest BCUT2D eigenvalue weighted by molar-refractivity contribution is 6.09. The van der Waals surface area contributed by atoms with E-state index < -0.39 is 54.2 Å². The molecule has 0 saturated carbocycles. The SMILES string of the molecule is C=C(C)C(=O)OC1CC(C)=C2C(=O)C=C(CO)C2C2OC(=O)C(C)(OC(C)=O)C12. The van der Waals surface area contributed by atoms with Crippen molar-refractivity contribution in [3.63, 3.8) is 0 Å². The van der Waals surface area contributed by atoms with Crippen LogP contribution in [-0.4, -0.2) is 53.2 Å². The van der Waals surface area contributed by atoms with Crippen molar-refractivity contribution in [1.29, 1.82) is 0 Å². The first-order chi connectivity index (χ1) is 13.5. The molecule has 1 aliphatic heterocycles. The largest absolute Gasteiger partial charge is 0.458 e. The number of aliphatic hydroxyl groups excluding tert-OH is 1. The molecule has 2 aliphatic carbocycles. The summed E-state index contributed by atoms with van der Waals surface area (Å²) < 4.78 is 16.6. The van der Waals surface area contributed by atoms with Crippen molar-refractivity contribution in [2.75, 3.05) is 6.61 Å². The van der Waals surface area contributed by atoms with E-state index in [1.807, 2.05) is 0 Å². The number of carbonyl (C=O) groups excluding carboxylic acids is 4. The summed E-state index contributed by atoms with van der Waals surface area (Å²) in [7, 11) is 0. The van der Waals surface area contributed by atoms with Crippen molar-refractivity contribution in [2.45, 2.75) is 51.9 Å². The lowest BCUT2D eigenvalue weighted by atomic mass is 9.77. The molecule has 0 aromatic carbocycles. The summed E-state index contributed by atoms with van der Waals surface area (Å²) in [4.78, 5) is 49.4. The highest BCUT2D eigenvalue weighted by Crippen LogP contribution is 2.51. The predicted molar refractivity (Wildman–Crippen MR) is 99.2 cm³/mol. The highest BCUT2D eigenvalue weighted by Gasteiger charge is 2.65. The van der Waals surface area contributed by atoms with E-state index in [0.717, 1.165) is 0 Å². The number of hydrogen-bond acceptors (Lipinski definition) is 8. The van der Waals surface area contributed by atoms with Crippen molar-refractivity contribution in [2.24, 2.45) is 11.8 Å². The van der Waals surface area contributed by atoms with Crippen LogP contribution in [0, 0.1) is 11.8 Å². The van der Waals surface area contributed by atoms with E-state index in [1.54, 1.807) is 6.92 Å². The van der Waals surface area contributed by atoms with Gasteiger partial charge in [-0.05, 0) is 32.4 Å². The maximum Gasteiger partial charge on any atom is 0.351 e.